The minimum atomic E-state index is -0.442. The molecule has 0 aromatic rings. The predicted octanol–water partition coefficient (Wildman–Crippen LogP) is 4.43. The van der Waals surface area contributed by atoms with Gasteiger partial charge < -0.3 is 9.47 Å². The van der Waals surface area contributed by atoms with Gasteiger partial charge in [-0.3, -0.25) is 9.59 Å². The molecule has 0 N–H and O–H groups in total. The molecular formula is C22H28O4. The average Bonchev–Trinajstić information content (AvgIpc) is 2.72. The summed E-state index contributed by atoms with van der Waals surface area (Å²) < 4.78 is 10.2. The number of ether oxygens (including phenoxy) is 2. The van der Waals surface area contributed by atoms with E-state index in [-0.39, 0.29) is 11.9 Å². The van der Waals surface area contributed by atoms with Gasteiger partial charge in [-0.2, -0.15) is 0 Å². The second-order valence-corrected chi connectivity index (χ2v) is 7.16. The molecule has 4 nitrogen and oxygen atoms in total. The molecule has 2 atom stereocenters. The second-order valence-electron chi connectivity index (χ2n) is 7.16. The van der Waals surface area contributed by atoms with Gasteiger partial charge in [0.1, 0.15) is 11.8 Å². The summed E-state index contributed by atoms with van der Waals surface area (Å²) in [6, 6.07) is 0. The quantitative estimate of drug-likeness (QED) is 0.552. The van der Waals surface area contributed by atoms with Crippen molar-refractivity contribution in [2.24, 2.45) is 11.8 Å². The van der Waals surface area contributed by atoms with Crippen LogP contribution >= 0.6 is 0 Å². The van der Waals surface area contributed by atoms with Gasteiger partial charge in [0.05, 0.1) is 14.2 Å². The van der Waals surface area contributed by atoms with Crippen LogP contribution in [0.4, 0.5) is 0 Å². The molecule has 140 valence electrons. The van der Waals surface area contributed by atoms with Crippen LogP contribution in [0.25, 0.3) is 0 Å². The van der Waals surface area contributed by atoms with Gasteiger partial charge in [0.25, 0.3) is 0 Å². The molecule has 0 bridgehead atoms. The second kappa shape index (κ2) is 8.52. The van der Waals surface area contributed by atoms with E-state index in [2.05, 4.69) is 12.2 Å². The number of allylic oxidation sites excluding steroid dienone is 4. The first-order chi connectivity index (χ1) is 12.7. The Morgan fingerprint density at radius 3 is 1.50 bits per heavy atom. The van der Waals surface area contributed by atoms with Crippen LogP contribution in [0.5, 0.6) is 0 Å². The molecule has 0 radical (unpaired) electrons. The summed E-state index contributed by atoms with van der Waals surface area (Å²) in [5.41, 5.74) is 4.38. The van der Waals surface area contributed by atoms with E-state index in [9.17, 15) is 9.59 Å². The molecule has 0 aromatic heterocycles. The Labute approximate surface area is 155 Å². The molecule has 0 aromatic carbocycles. The van der Waals surface area contributed by atoms with Gasteiger partial charge in [0, 0.05) is 0 Å². The highest BCUT2D eigenvalue weighted by molar-refractivity contribution is 5.86. The third kappa shape index (κ3) is 3.69. The number of carbonyl (C=O) groups excluding carboxylic acids is 2. The Hall–Kier alpha value is -2.10. The van der Waals surface area contributed by atoms with Crippen molar-refractivity contribution in [3.63, 3.8) is 0 Å². The van der Waals surface area contributed by atoms with Crippen molar-refractivity contribution >= 4 is 11.9 Å². The van der Waals surface area contributed by atoms with Crippen LogP contribution in [0.3, 0.4) is 0 Å². The Morgan fingerprint density at radius 1 is 0.769 bits per heavy atom. The van der Waals surface area contributed by atoms with E-state index < -0.39 is 11.8 Å². The fraction of sp³-hybridized carbons (Fsp3) is 0.545. The molecule has 0 aliphatic heterocycles. The lowest BCUT2D eigenvalue weighted by atomic mass is 9.72. The summed E-state index contributed by atoms with van der Waals surface area (Å²) in [4.78, 5) is 25.0. The lowest BCUT2D eigenvalue weighted by molar-refractivity contribution is -0.144. The van der Waals surface area contributed by atoms with Crippen molar-refractivity contribution < 1.29 is 19.1 Å². The van der Waals surface area contributed by atoms with Gasteiger partial charge in [-0.1, -0.05) is 24.3 Å². The summed E-state index contributed by atoms with van der Waals surface area (Å²) in [6.45, 7) is 0. The molecule has 3 rings (SSSR count). The molecule has 0 saturated carbocycles. The third-order valence-electron chi connectivity index (χ3n) is 5.59. The number of esters is 2. The normalized spacial score (nSPS) is 26.1. The summed E-state index contributed by atoms with van der Waals surface area (Å²) in [5.74, 6) is -1.41. The van der Waals surface area contributed by atoms with Gasteiger partial charge in [-0.05, 0) is 73.7 Å². The van der Waals surface area contributed by atoms with E-state index in [0.717, 1.165) is 49.7 Å². The van der Waals surface area contributed by atoms with Crippen LogP contribution < -0.4 is 0 Å². The molecule has 0 amide bonds. The molecule has 3 aliphatic rings. The molecule has 4 heteroatoms. The summed E-state index contributed by atoms with van der Waals surface area (Å²) in [7, 11) is 2.85. The lowest BCUT2D eigenvalue weighted by Gasteiger charge is -2.32. The highest BCUT2D eigenvalue weighted by Crippen LogP contribution is 2.43. The zero-order valence-corrected chi connectivity index (χ0v) is 15.8. The Balaban J connectivity index is 2.18. The monoisotopic (exact) mass is 356 g/mol. The first kappa shape index (κ1) is 18.7. The van der Waals surface area contributed by atoms with Crippen LogP contribution in [0.2, 0.25) is 0 Å². The molecule has 0 spiro atoms. The third-order valence-corrected chi connectivity index (χ3v) is 5.59. The Kier molecular flexibility index (Phi) is 6.12. The summed E-state index contributed by atoms with van der Waals surface area (Å²) >= 11 is 0. The van der Waals surface area contributed by atoms with Crippen LogP contribution in [-0.2, 0) is 19.1 Å². The van der Waals surface area contributed by atoms with Crippen molar-refractivity contribution in [1.29, 1.82) is 0 Å². The van der Waals surface area contributed by atoms with Crippen molar-refractivity contribution in [2.75, 3.05) is 14.2 Å². The fourth-order valence-electron chi connectivity index (χ4n) is 4.31. The SMILES string of the molecule is COC(=O)C1C=CC(C(=O)OC)C(C2=CCCCC2)=C1C1=CCCCC1. The standard InChI is InChI=1S/C22H28O4/c1-25-21(23)17-13-14-18(22(24)26-2)20(16-11-7-4-8-12-16)19(17)15-9-5-3-6-10-15/h9,11,13-14,17-18H,3-8,10,12H2,1-2H3. The van der Waals surface area contributed by atoms with Crippen molar-refractivity contribution in [3.8, 4) is 0 Å². The first-order valence-electron chi connectivity index (χ1n) is 9.64. The molecule has 0 heterocycles. The topological polar surface area (TPSA) is 52.6 Å². The highest BCUT2D eigenvalue weighted by Gasteiger charge is 2.37. The van der Waals surface area contributed by atoms with Crippen molar-refractivity contribution in [3.05, 3.63) is 46.6 Å². The van der Waals surface area contributed by atoms with Crippen molar-refractivity contribution in [1.82, 2.24) is 0 Å². The number of carbonyl (C=O) groups is 2. The molecular weight excluding hydrogens is 328 g/mol. The first-order valence-corrected chi connectivity index (χ1v) is 9.64. The minimum absolute atomic E-state index is 0.264. The lowest BCUT2D eigenvalue weighted by Crippen LogP contribution is -2.29. The largest absolute Gasteiger partial charge is 0.468 e. The van der Waals surface area contributed by atoms with E-state index >= 15 is 0 Å². The highest BCUT2D eigenvalue weighted by atomic mass is 16.5. The maximum absolute atomic E-state index is 12.5. The Morgan fingerprint density at radius 2 is 1.19 bits per heavy atom. The fourth-order valence-corrected chi connectivity index (χ4v) is 4.31. The van der Waals surface area contributed by atoms with Crippen LogP contribution in [-0.4, -0.2) is 26.2 Å². The summed E-state index contributed by atoms with van der Waals surface area (Å²) in [5, 5.41) is 0. The maximum atomic E-state index is 12.5. The van der Waals surface area contributed by atoms with E-state index in [1.54, 1.807) is 0 Å². The minimum Gasteiger partial charge on any atom is -0.468 e. The zero-order chi connectivity index (χ0) is 18.5. The van der Waals surface area contributed by atoms with Gasteiger partial charge in [0.15, 0.2) is 0 Å². The smallest absolute Gasteiger partial charge is 0.317 e. The van der Waals surface area contributed by atoms with E-state index in [1.807, 2.05) is 12.2 Å². The molecule has 2 unspecified atom stereocenters. The maximum Gasteiger partial charge on any atom is 0.317 e. The van der Waals surface area contributed by atoms with Gasteiger partial charge in [-0.15, -0.1) is 0 Å². The predicted molar refractivity (Wildman–Crippen MR) is 100 cm³/mol. The summed E-state index contributed by atoms with van der Waals surface area (Å²) in [6.07, 6.45) is 16.6. The van der Waals surface area contributed by atoms with Crippen LogP contribution in [0.1, 0.15) is 51.4 Å². The average molecular weight is 356 g/mol. The molecule has 3 aliphatic carbocycles. The zero-order valence-electron chi connectivity index (χ0n) is 15.8. The Bertz CT molecular complexity index is 635. The van der Waals surface area contributed by atoms with Crippen LogP contribution in [0.15, 0.2) is 46.6 Å². The molecule has 0 saturated heterocycles. The number of methoxy groups -OCH3 is 2. The number of hydrogen-bond acceptors (Lipinski definition) is 4. The molecule has 0 fully saturated rings. The van der Waals surface area contributed by atoms with Crippen LogP contribution in [0, 0.1) is 11.8 Å². The van der Waals surface area contributed by atoms with E-state index in [1.165, 1.54) is 38.2 Å². The van der Waals surface area contributed by atoms with E-state index in [4.69, 9.17) is 9.47 Å². The van der Waals surface area contributed by atoms with Crippen molar-refractivity contribution in [2.45, 2.75) is 51.4 Å². The van der Waals surface area contributed by atoms with E-state index in [0.29, 0.717) is 0 Å². The molecule has 26 heavy (non-hydrogen) atoms. The van der Waals surface area contributed by atoms with Gasteiger partial charge in [0.2, 0.25) is 0 Å². The van der Waals surface area contributed by atoms with Gasteiger partial charge in [-0.25, -0.2) is 0 Å². The number of hydrogen-bond donors (Lipinski definition) is 0. The van der Waals surface area contributed by atoms with Gasteiger partial charge >= 0.3 is 11.9 Å². The number of rotatable bonds is 4.